The van der Waals surface area contributed by atoms with Gasteiger partial charge in [-0.3, -0.25) is 15.2 Å². The molecule has 138 valence electrons. The zero-order chi connectivity index (χ0) is 19.0. The van der Waals surface area contributed by atoms with Crippen molar-refractivity contribution in [1.82, 2.24) is 10.7 Å². The number of ether oxygens (including phenoxy) is 1. The lowest BCUT2D eigenvalue weighted by atomic mass is 10.2. The van der Waals surface area contributed by atoms with E-state index >= 15 is 0 Å². The molecule has 0 fully saturated rings. The number of nitrogens with zero attached hydrogens (tertiary/aromatic N) is 1. The highest BCUT2D eigenvalue weighted by atomic mass is 16.6. The molecule has 2 aromatic rings. The minimum absolute atomic E-state index is 0.174. The predicted octanol–water partition coefficient (Wildman–Crippen LogP) is 3.25. The molecule has 0 bridgehead atoms. The van der Waals surface area contributed by atoms with Crippen molar-refractivity contribution in [3.63, 3.8) is 0 Å². The summed E-state index contributed by atoms with van der Waals surface area (Å²) >= 11 is 0. The van der Waals surface area contributed by atoms with Gasteiger partial charge >= 0.3 is 6.09 Å². The molecular weight excluding hydrogens is 330 g/mol. The lowest BCUT2D eigenvalue weighted by molar-refractivity contribution is -0.120. The fourth-order valence-corrected chi connectivity index (χ4v) is 2.23. The third-order valence-electron chi connectivity index (χ3n) is 3.30. The Morgan fingerprint density at radius 3 is 2.12 bits per heavy atom. The molecule has 2 amide bonds. The highest BCUT2D eigenvalue weighted by molar-refractivity contribution is 5.83. The van der Waals surface area contributed by atoms with Gasteiger partial charge in [-0.1, -0.05) is 48.5 Å². The third kappa shape index (κ3) is 6.84. The lowest BCUT2D eigenvalue weighted by Crippen LogP contribution is -2.47. The number of hydrogen-bond donors (Lipinski definition) is 2. The Balaban J connectivity index is 1.98. The first-order valence-corrected chi connectivity index (χ1v) is 8.46. The van der Waals surface area contributed by atoms with E-state index in [2.05, 4.69) is 10.7 Å². The van der Waals surface area contributed by atoms with Gasteiger partial charge in [-0.05, 0) is 38.5 Å². The van der Waals surface area contributed by atoms with Gasteiger partial charge in [-0.25, -0.2) is 4.79 Å². The molecule has 0 aliphatic carbocycles. The smallest absolute Gasteiger partial charge is 0.408 e. The maximum Gasteiger partial charge on any atom is 0.408 e. The molecule has 0 radical (unpaired) electrons. The first kappa shape index (κ1) is 19.3. The number of benzene rings is 2. The summed E-state index contributed by atoms with van der Waals surface area (Å²) in [5.41, 5.74) is 4.12. The summed E-state index contributed by atoms with van der Waals surface area (Å²) in [6.45, 7) is 5.63. The maximum atomic E-state index is 12.3. The van der Waals surface area contributed by atoms with E-state index in [0.717, 1.165) is 11.3 Å². The summed E-state index contributed by atoms with van der Waals surface area (Å²) in [5, 5.41) is 4.20. The van der Waals surface area contributed by atoms with Crippen LogP contribution in [-0.4, -0.2) is 24.1 Å². The van der Waals surface area contributed by atoms with Crippen LogP contribution in [0.1, 0.15) is 26.3 Å². The molecule has 2 aromatic carbocycles. The van der Waals surface area contributed by atoms with E-state index in [1.165, 1.54) is 0 Å². The minimum atomic E-state index is -0.623. The zero-order valence-electron chi connectivity index (χ0n) is 15.4. The number of carbonyl (C=O) groups excluding carboxylic acids is 2. The number of carbonyl (C=O) groups is 2. The Morgan fingerprint density at radius 2 is 1.54 bits per heavy atom. The minimum Gasteiger partial charge on any atom is -0.444 e. The first-order valence-electron chi connectivity index (χ1n) is 8.46. The van der Waals surface area contributed by atoms with Gasteiger partial charge in [0.25, 0.3) is 5.91 Å². The number of rotatable bonds is 6. The Morgan fingerprint density at radius 1 is 0.962 bits per heavy atom. The normalized spacial score (nSPS) is 10.7. The Kier molecular flexibility index (Phi) is 6.60. The Labute approximate surface area is 154 Å². The second kappa shape index (κ2) is 8.89. The van der Waals surface area contributed by atoms with Crippen LogP contribution in [0.15, 0.2) is 60.7 Å². The number of nitrogens with one attached hydrogen (secondary N) is 2. The van der Waals surface area contributed by atoms with Crippen LogP contribution < -0.4 is 15.8 Å². The molecule has 0 aliphatic heterocycles. The van der Waals surface area contributed by atoms with Crippen molar-refractivity contribution in [2.45, 2.75) is 32.9 Å². The molecule has 0 aromatic heterocycles. The van der Waals surface area contributed by atoms with E-state index in [1.54, 1.807) is 25.8 Å². The van der Waals surface area contributed by atoms with E-state index in [1.807, 2.05) is 60.7 Å². The van der Waals surface area contributed by atoms with Crippen molar-refractivity contribution < 1.29 is 14.3 Å². The van der Waals surface area contributed by atoms with Crippen molar-refractivity contribution in [2.24, 2.45) is 0 Å². The van der Waals surface area contributed by atoms with Crippen LogP contribution in [0.25, 0.3) is 0 Å². The largest absolute Gasteiger partial charge is 0.444 e. The molecule has 6 nitrogen and oxygen atoms in total. The quantitative estimate of drug-likeness (QED) is 0.781. The SMILES string of the molecule is CC(C)(C)OC(=O)NCC(=O)NN(Cc1ccccc1)c1ccccc1. The van der Waals surface area contributed by atoms with Crippen LogP contribution in [0.3, 0.4) is 0 Å². The third-order valence-corrected chi connectivity index (χ3v) is 3.30. The molecule has 0 unspecified atom stereocenters. The van der Waals surface area contributed by atoms with Crippen LogP contribution in [0.5, 0.6) is 0 Å². The lowest BCUT2D eigenvalue weighted by Gasteiger charge is -2.26. The molecule has 0 heterocycles. The van der Waals surface area contributed by atoms with Crippen molar-refractivity contribution in [2.75, 3.05) is 11.6 Å². The summed E-state index contributed by atoms with van der Waals surface area (Å²) in [7, 11) is 0. The Bertz CT molecular complexity index is 712. The molecule has 2 rings (SSSR count). The fraction of sp³-hybridized carbons (Fsp3) is 0.300. The van der Waals surface area contributed by atoms with Crippen LogP contribution in [0.2, 0.25) is 0 Å². The molecule has 0 spiro atoms. The number of hydrazine groups is 1. The summed E-state index contributed by atoms with van der Waals surface area (Å²) in [4.78, 5) is 23.9. The average Bonchev–Trinajstić information content (AvgIpc) is 2.60. The van der Waals surface area contributed by atoms with Crippen LogP contribution >= 0.6 is 0 Å². The first-order chi connectivity index (χ1) is 12.3. The second-order valence-electron chi connectivity index (χ2n) is 6.80. The highest BCUT2D eigenvalue weighted by Gasteiger charge is 2.17. The standard InChI is InChI=1S/C20H25N3O3/c1-20(2,3)26-19(25)21-14-18(24)22-23(17-12-8-5-9-13-17)15-16-10-6-4-7-11-16/h4-13H,14-15H2,1-3H3,(H,21,25)(H,22,24). The van der Waals surface area contributed by atoms with Crippen LogP contribution in [0.4, 0.5) is 10.5 Å². The van der Waals surface area contributed by atoms with Gasteiger partial charge in [0.2, 0.25) is 0 Å². The van der Waals surface area contributed by atoms with Crippen LogP contribution in [0, 0.1) is 0 Å². The number of alkyl carbamates (subject to hydrolysis) is 1. The van der Waals surface area contributed by atoms with E-state index in [4.69, 9.17) is 4.74 Å². The second-order valence-corrected chi connectivity index (χ2v) is 6.80. The molecule has 0 saturated carbocycles. The molecule has 6 heteroatoms. The number of anilines is 1. The molecule has 0 saturated heterocycles. The van der Waals surface area contributed by atoms with E-state index in [-0.39, 0.29) is 12.5 Å². The van der Waals surface area contributed by atoms with Crippen molar-refractivity contribution in [3.8, 4) is 0 Å². The van der Waals surface area contributed by atoms with Gasteiger partial charge in [0, 0.05) is 0 Å². The van der Waals surface area contributed by atoms with Gasteiger partial charge in [-0.15, -0.1) is 0 Å². The van der Waals surface area contributed by atoms with Gasteiger partial charge in [0.15, 0.2) is 0 Å². The van der Waals surface area contributed by atoms with Gasteiger partial charge in [-0.2, -0.15) is 0 Å². The summed E-state index contributed by atoms with van der Waals surface area (Å²) in [6, 6.07) is 19.3. The molecule has 0 atom stereocenters. The fourth-order valence-electron chi connectivity index (χ4n) is 2.23. The van der Waals surface area contributed by atoms with Crippen molar-refractivity contribution in [1.29, 1.82) is 0 Å². The number of hydrogen-bond acceptors (Lipinski definition) is 4. The van der Waals surface area contributed by atoms with Gasteiger partial charge in [0.05, 0.1) is 12.2 Å². The summed E-state index contributed by atoms with van der Waals surface area (Å²) in [5.74, 6) is -0.337. The topological polar surface area (TPSA) is 70.7 Å². The molecular formula is C20H25N3O3. The number of amides is 2. The van der Waals surface area contributed by atoms with Crippen molar-refractivity contribution in [3.05, 3.63) is 66.2 Å². The predicted molar refractivity (Wildman–Crippen MR) is 101 cm³/mol. The number of para-hydroxylation sites is 1. The molecule has 0 aliphatic rings. The van der Waals surface area contributed by atoms with E-state index in [0.29, 0.717) is 6.54 Å². The zero-order valence-corrected chi connectivity index (χ0v) is 15.4. The van der Waals surface area contributed by atoms with Gasteiger partial charge < -0.3 is 10.1 Å². The monoisotopic (exact) mass is 355 g/mol. The van der Waals surface area contributed by atoms with Crippen molar-refractivity contribution >= 4 is 17.7 Å². The van der Waals surface area contributed by atoms with Gasteiger partial charge in [0.1, 0.15) is 12.1 Å². The van der Waals surface area contributed by atoms with Crippen LogP contribution in [-0.2, 0) is 16.1 Å². The molecule has 26 heavy (non-hydrogen) atoms. The van der Waals surface area contributed by atoms with E-state index in [9.17, 15) is 9.59 Å². The highest BCUT2D eigenvalue weighted by Crippen LogP contribution is 2.14. The average molecular weight is 355 g/mol. The van der Waals surface area contributed by atoms with E-state index < -0.39 is 11.7 Å². The summed E-state index contributed by atoms with van der Waals surface area (Å²) in [6.07, 6.45) is -0.623. The maximum absolute atomic E-state index is 12.3. The summed E-state index contributed by atoms with van der Waals surface area (Å²) < 4.78 is 5.13. The molecule has 2 N–H and O–H groups in total. The Hall–Kier alpha value is -3.02.